The summed E-state index contributed by atoms with van der Waals surface area (Å²) in [5.41, 5.74) is 2.58. The fourth-order valence-electron chi connectivity index (χ4n) is 2.53. The molecule has 0 N–H and O–H groups in total. The van der Waals surface area contributed by atoms with Crippen LogP contribution in [-0.2, 0) is 16.3 Å². The number of sulfone groups is 1. The molecule has 0 atom stereocenters. The monoisotopic (exact) mass is 341 g/mol. The van der Waals surface area contributed by atoms with Crippen molar-refractivity contribution in [1.82, 2.24) is 4.98 Å². The second-order valence-electron chi connectivity index (χ2n) is 5.70. The molecule has 0 aliphatic heterocycles. The van der Waals surface area contributed by atoms with Crippen LogP contribution in [0.25, 0.3) is 22.6 Å². The van der Waals surface area contributed by atoms with Crippen molar-refractivity contribution < 1.29 is 12.8 Å². The summed E-state index contributed by atoms with van der Waals surface area (Å²) in [6, 6.07) is 16.6. The van der Waals surface area contributed by atoms with Gasteiger partial charge in [-0.05, 0) is 30.7 Å². The molecule has 3 aromatic rings. The van der Waals surface area contributed by atoms with Gasteiger partial charge in [0.1, 0.15) is 5.69 Å². The van der Waals surface area contributed by atoms with Gasteiger partial charge in [-0.1, -0.05) is 37.3 Å². The molecule has 0 spiro atoms. The Bertz CT molecular complexity index is 927. The summed E-state index contributed by atoms with van der Waals surface area (Å²) >= 11 is 0. The number of rotatable bonds is 5. The van der Waals surface area contributed by atoms with Crippen molar-refractivity contribution in [2.45, 2.75) is 24.7 Å². The van der Waals surface area contributed by atoms with Gasteiger partial charge in [0.2, 0.25) is 0 Å². The quantitative estimate of drug-likeness (QED) is 0.691. The first-order valence-corrected chi connectivity index (χ1v) is 9.74. The molecule has 0 radical (unpaired) electrons. The topological polar surface area (TPSA) is 60.2 Å². The van der Waals surface area contributed by atoms with Crippen LogP contribution in [-0.4, -0.2) is 19.7 Å². The van der Waals surface area contributed by atoms with Gasteiger partial charge in [-0.25, -0.2) is 13.4 Å². The molecule has 2 aromatic carbocycles. The Morgan fingerprint density at radius 2 is 1.62 bits per heavy atom. The lowest BCUT2D eigenvalue weighted by atomic mass is 10.1. The van der Waals surface area contributed by atoms with Gasteiger partial charge < -0.3 is 4.42 Å². The zero-order chi connectivity index (χ0) is 17.2. The second kappa shape index (κ2) is 6.61. The number of oxazole rings is 1. The number of aromatic nitrogens is 1. The van der Waals surface area contributed by atoms with E-state index in [1.807, 2.05) is 30.3 Å². The summed E-state index contributed by atoms with van der Waals surface area (Å²) in [7, 11) is -3.21. The predicted molar refractivity (Wildman–Crippen MR) is 94.5 cm³/mol. The van der Waals surface area contributed by atoms with Crippen molar-refractivity contribution in [3.63, 3.8) is 0 Å². The van der Waals surface area contributed by atoms with Crippen molar-refractivity contribution in [2.24, 2.45) is 0 Å². The van der Waals surface area contributed by atoms with Gasteiger partial charge in [0.15, 0.2) is 21.5 Å². The van der Waals surface area contributed by atoms with Crippen LogP contribution in [0.15, 0.2) is 63.9 Å². The van der Waals surface area contributed by atoms with E-state index in [0.717, 1.165) is 29.7 Å². The SMILES string of the molecule is CCCc1nc(-c2ccccc2)c(-c2ccc(S(C)(=O)=O)cc2)o1. The first-order chi connectivity index (χ1) is 11.5. The second-order valence-corrected chi connectivity index (χ2v) is 7.71. The molecule has 5 heteroatoms. The summed E-state index contributed by atoms with van der Waals surface area (Å²) in [4.78, 5) is 4.93. The van der Waals surface area contributed by atoms with Gasteiger partial charge in [0.25, 0.3) is 0 Å². The van der Waals surface area contributed by atoms with E-state index in [2.05, 4.69) is 11.9 Å². The largest absolute Gasteiger partial charge is 0.440 e. The van der Waals surface area contributed by atoms with E-state index in [1.54, 1.807) is 24.3 Å². The number of hydrogen-bond donors (Lipinski definition) is 0. The fraction of sp³-hybridized carbons (Fsp3) is 0.211. The maximum atomic E-state index is 11.6. The van der Waals surface area contributed by atoms with E-state index in [9.17, 15) is 8.42 Å². The molecule has 0 unspecified atom stereocenters. The Hall–Kier alpha value is -2.40. The minimum atomic E-state index is -3.21. The molecule has 0 fully saturated rings. The number of nitrogens with zero attached hydrogens (tertiary/aromatic N) is 1. The maximum Gasteiger partial charge on any atom is 0.195 e. The van der Waals surface area contributed by atoms with Crippen LogP contribution in [0.2, 0.25) is 0 Å². The van der Waals surface area contributed by atoms with E-state index >= 15 is 0 Å². The van der Waals surface area contributed by atoms with E-state index in [4.69, 9.17) is 4.42 Å². The van der Waals surface area contributed by atoms with Crippen LogP contribution in [0.5, 0.6) is 0 Å². The van der Waals surface area contributed by atoms with Crippen molar-refractivity contribution in [3.05, 3.63) is 60.5 Å². The van der Waals surface area contributed by atoms with Crippen molar-refractivity contribution >= 4 is 9.84 Å². The van der Waals surface area contributed by atoms with Gasteiger partial charge in [-0.15, -0.1) is 0 Å². The standard InChI is InChI=1S/C19H19NO3S/c1-3-7-17-20-18(14-8-5-4-6-9-14)19(23-17)15-10-12-16(13-11-15)24(2,21)22/h4-6,8-13H,3,7H2,1-2H3. The summed E-state index contributed by atoms with van der Waals surface area (Å²) in [6.45, 7) is 2.08. The van der Waals surface area contributed by atoms with Gasteiger partial charge in [0, 0.05) is 23.8 Å². The van der Waals surface area contributed by atoms with Crippen molar-refractivity contribution in [2.75, 3.05) is 6.26 Å². The van der Waals surface area contributed by atoms with Crippen LogP contribution in [0, 0.1) is 0 Å². The van der Waals surface area contributed by atoms with Crippen LogP contribution < -0.4 is 0 Å². The Kier molecular flexibility index (Phi) is 4.53. The van der Waals surface area contributed by atoms with Crippen LogP contribution in [0.4, 0.5) is 0 Å². The minimum absolute atomic E-state index is 0.292. The van der Waals surface area contributed by atoms with E-state index < -0.39 is 9.84 Å². The zero-order valence-corrected chi connectivity index (χ0v) is 14.5. The van der Waals surface area contributed by atoms with Gasteiger partial charge >= 0.3 is 0 Å². The molecule has 1 heterocycles. The third kappa shape index (κ3) is 3.41. The zero-order valence-electron chi connectivity index (χ0n) is 13.7. The smallest absolute Gasteiger partial charge is 0.195 e. The molecular formula is C19H19NO3S. The minimum Gasteiger partial charge on any atom is -0.440 e. The molecule has 4 nitrogen and oxygen atoms in total. The van der Waals surface area contributed by atoms with Crippen molar-refractivity contribution in [3.8, 4) is 22.6 Å². The van der Waals surface area contributed by atoms with E-state index in [-0.39, 0.29) is 0 Å². The molecule has 0 saturated carbocycles. The molecule has 0 aliphatic rings. The van der Waals surface area contributed by atoms with E-state index in [0.29, 0.717) is 16.5 Å². The third-order valence-electron chi connectivity index (χ3n) is 3.73. The highest BCUT2D eigenvalue weighted by Crippen LogP contribution is 2.33. The summed E-state index contributed by atoms with van der Waals surface area (Å²) in [5.74, 6) is 1.36. The average Bonchev–Trinajstić information content (AvgIpc) is 2.99. The molecule has 1 aromatic heterocycles. The van der Waals surface area contributed by atoms with Gasteiger partial charge in [0.05, 0.1) is 4.90 Å². The average molecular weight is 341 g/mol. The van der Waals surface area contributed by atoms with Crippen LogP contribution in [0.1, 0.15) is 19.2 Å². The Balaban J connectivity index is 2.09. The molecule has 24 heavy (non-hydrogen) atoms. The van der Waals surface area contributed by atoms with Crippen LogP contribution >= 0.6 is 0 Å². The summed E-state index contributed by atoms with van der Waals surface area (Å²) in [6.07, 6.45) is 2.91. The van der Waals surface area contributed by atoms with Crippen molar-refractivity contribution in [1.29, 1.82) is 0 Å². The fourth-order valence-corrected chi connectivity index (χ4v) is 3.16. The Morgan fingerprint density at radius 3 is 2.21 bits per heavy atom. The summed E-state index contributed by atoms with van der Waals surface area (Å²) < 4.78 is 29.2. The maximum absolute atomic E-state index is 11.6. The first-order valence-electron chi connectivity index (χ1n) is 7.84. The van der Waals surface area contributed by atoms with Gasteiger partial charge in [-0.2, -0.15) is 0 Å². The number of benzene rings is 2. The molecule has 0 bridgehead atoms. The highest BCUT2D eigenvalue weighted by atomic mass is 32.2. The van der Waals surface area contributed by atoms with Crippen LogP contribution in [0.3, 0.4) is 0 Å². The lowest BCUT2D eigenvalue weighted by Gasteiger charge is -2.03. The molecule has 3 rings (SSSR count). The normalized spacial score (nSPS) is 11.6. The van der Waals surface area contributed by atoms with Gasteiger partial charge in [-0.3, -0.25) is 0 Å². The molecule has 0 amide bonds. The number of hydrogen-bond acceptors (Lipinski definition) is 4. The lowest BCUT2D eigenvalue weighted by Crippen LogP contribution is -1.96. The Morgan fingerprint density at radius 1 is 0.958 bits per heavy atom. The molecule has 0 saturated heterocycles. The first kappa shape index (κ1) is 16.5. The number of aryl methyl sites for hydroxylation is 1. The highest BCUT2D eigenvalue weighted by Gasteiger charge is 2.17. The predicted octanol–water partition coefficient (Wildman–Crippen LogP) is 4.36. The third-order valence-corrected chi connectivity index (χ3v) is 4.86. The van der Waals surface area contributed by atoms with E-state index in [1.165, 1.54) is 6.26 Å². The molecule has 0 aliphatic carbocycles. The molecule has 124 valence electrons. The lowest BCUT2D eigenvalue weighted by molar-refractivity contribution is 0.503. The molecular weight excluding hydrogens is 322 g/mol. The summed E-state index contributed by atoms with van der Waals surface area (Å²) in [5, 5.41) is 0. The Labute approximate surface area is 142 Å². The highest BCUT2D eigenvalue weighted by molar-refractivity contribution is 7.90.